The Labute approximate surface area is 243 Å². The summed E-state index contributed by atoms with van der Waals surface area (Å²) < 4.78 is 79.6. The summed E-state index contributed by atoms with van der Waals surface area (Å²) in [6.45, 7) is 5.29. The molecule has 1 saturated heterocycles. The zero-order valence-corrected chi connectivity index (χ0v) is 23.9. The fraction of sp³-hybridized carbons (Fsp3) is 0.346. The molecule has 1 unspecified atom stereocenters. The van der Waals surface area contributed by atoms with Gasteiger partial charge in [-0.25, -0.2) is 22.8 Å². The van der Waals surface area contributed by atoms with Crippen LogP contribution < -0.4 is 14.6 Å². The van der Waals surface area contributed by atoms with Gasteiger partial charge in [-0.05, 0) is 43.7 Å². The molecule has 4 aromatic rings. The Morgan fingerprint density at radius 2 is 1.81 bits per heavy atom. The van der Waals surface area contributed by atoms with Crippen LogP contribution in [0.5, 0.6) is 0 Å². The Balaban J connectivity index is 1.28. The molecule has 1 amide bonds. The minimum Gasteiger partial charge on any atom is -0.423 e. The van der Waals surface area contributed by atoms with Crippen molar-refractivity contribution in [3.63, 3.8) is 0 Å². The molecule has 0 radical (unpaired) electrons. The minimum absolute atomic E-state index is 0.153. The average molecular weight is 625 g/mol. The summed E-state index contributed by atoms with van der Waals surface area (Å²) in [5.74, 6) is -1.32. The van der Waals surface area contributed by atoms with Crippen molar-refractivity contribution >= 4 is 21.9 Å². The normalized spacial score (nSPS) is 16.0. The number of hydrogen-bond donors (Lipinski definition) is 1. The molecule has 0 saturated carbocycles. The number of carbonyl (C=O) groups excluding carboxylic acids is 2. The van der Waals surface area contributed by atoms with Gasteiger partial charge in [0.15, 0.2) is 5.69 Å². The molecule has 5 rings (SSSR count). The molecule has 2 atom stereocenters. The lowest BCUT2D eigenvalue weighted by Gasteiger charge is -2.35. The minimum atomic E-state index is -4.70. The SMILES string of the molecule is CCC(=O)OC(C)On1on1N1CC[C@H]1C(=O)NS(=O)(=O)c1ccc(-n2nc(C(F)(F)F)cc2-c2ccc(C)cc2)cc1. The van der Waals surface area contributed by atoms with E-state index >= 15 is 0 Å². The third-order valence-electron chi connectivity index (χ3n) is 6.57. The van der Waals surface area contributed by atoms with Gasteiger partial charge in [-0.2, -0.15) is 22.9 Å². The molecule has 2 aromatic carbocycles. The number of esters is 1. The lowest BCUT2D eigenvalue weighted by molar-refractivity contribution is -0.181. The van der Waals surface area contributed by atoms with Crippen LogP contribution >= 0.6 is 0 Å². The van der Waals surface area contributed by atoms with Gasteiger partial charge in [0, 0.05) is 25.5 Å². The molecule has 17 heteroatoms. The largest absolute Gasteiger partial charge is 0.435 e. The Hall–Kier alpha value is -4.67. The molecule has 230 valence electrons. The Bertz CT molecular complexity index is 1720. The molecule has 0 bridgehead atoms. The van der Waals surface area contributed by atoms with Crippen molar-refractivity contribution < 1.29 is 45.4 Å². The highest BCUT2D eigenvalue weighted by Crippen LogP contribution is 2.33. The number of aromatic nitrogens is 4. The first kappa shape index (κ1) is 29.8. The first-order valence-corrected chi connectivity index (χ1v) is 14.6. The second kappa shape index (κ2) is 11.2. The highest BCUT2D eigenvalue weighted by molar-refractivity contribution is 7.90. The molecule has 0 spiro atoms. The standard InChI is InChI=1S/C26H27F3N6O7S/c1-4-24(36)40-17(3)41-35-34(42-35)32-14-13-21(32)25(37)31-43(38,39)20-11-9-19(10-12-20)33-22(15-23(30-33)26(27,28)29)18-7-5-16(2)6-8-18/h5-12,15,17,21H,4,13-14H2,1-3H3,(H,31,37)/t17?,21-,34?,35?/m0/s1. The molecule has 13 nitrogen and oxygen atoms in total. The lowest BCUT2D eigenvalue weighted by Crippen LogP contribution is -2.61. The predicted octanol–water partition coefficient (Wildman–Crippen LogP) is 3.01. The van der Waals surface area contributed by atoms with E-state index in [2.05, 4.69) is 5.10 Å². The van der Waals surface area contributed by atoms with Gasteiger partial charge in [0.2, 0.25) is 0 Å². The summed E-state index contributed by atoms with van der Waals surface area (Å²) in [6, 6.07) is 11.8. The van der Waals surface area contributed by atoms with Gasteiger partial charge in [0.1, 0.15) is 11.1 Å². The zero-order valence-electron chi connectivity index (χ0n) is 23.1. The summed E-state index contributed by atoms with van der Waals surface area (Å²) in [5, 5.41) is 5.99. The topological polar surface area (TPSA) is 143 Å². The molecule has 1 aliphatic rings. The maximum atomic E-state index is 13.5. The van der Waals surface area contributed by atoms with E-state index in [1.807, 2.05) is 11.6 Å². The molecule has 1 aliphatic heterocycles. The zero-order chi connectivity index (χ0) is 31.1. The summed E-state index contributed by atoms with van der Waals surface area (Å²) in [7, 11) is -4.34. The summed E-state index contributed by atoms with van der Waals surface area (Å²) in [6.07, 6.45) is -5.19. The van der Waals surface area contributed by atoms with Crippen molar-refractivity contribution in [3.05, 3.63) is 65.9 Å². The van der Waals surface area contributed by atoms with Crippen LogP contribution in [0.4, 0.5) is 13.2 Å². The summed E-state index contributed by atoms with van der Waals surface area (Å²) in [5.41, 5.74) is 0.643. The smallest absolute Gasteiger partial charge is 0.423 e. The monoisotopic (exact) mass is 624 g/mol. The van der Waals surface area contributed by atoms with E-state index in [9.17, 15) is 31.2 Å². The first-order chi connectivity index (χ1) is 20.3. The predicted molar refractivity (Wildman–Crippen MR) is 143 cm³/mol. The quantitative estimate of drug-likeness (QED) is 0.208. The number of halogens is 3. The number of hydrogen-bond acceptors (Lipinski definition) is 9. The lowest BCUT2D eigenvalue weighted by atomic mass is 10.1. The van der Waals surface area contributed by atoms with E-state index in [0.29, 0.717) is 18.5 Å². The van der Waals surface area contributed by atoms with E-state index in [1.54, 1.807) is 31.2 Å². The van der Waals surface area contributed by atoms with Gasteiger partial charge in [-0.1, -0.05) is 36.8 Å². The fourth-order valence-electron chi connectivity index (χ4n) is 4.18. The van der Waals surface area contributed by atoms with Crippen molar-refractivity contribution in [2.45, 2.75) is 57.0 Å². The van der Waals surface area contributed by atoms with E-state index < -0.39 is 46.1 Å². The first-order valence-electron chi connectivity index (χ1n) is 13.1. The number of aryl methyl sites for hydroxylation is 1. The van der Waals surface area contributed by atoms with Gasteiger partial charge >= 0.3 is 12.1 Å². The number of benzene rings is 2. The van der Waals surface area contributed by atoms with E-state index in [4.69, 9.17) is 14.2 Å². The number of amides is 1. The van der Waals surface area contributed by atoms with Crippen LogP contribution in [0.2, 0.25) is 0 Å². The van der Waals surface area contributed by atoms with E-state index in [1.165, 1.54) is 36.2 Å². The van der Waals surface area contributed by atoms with Gasteiger partial charge < -0.3 is 9.57 Å². The Kier molecular flexibility index (Phi) is 7.76. The van der Waals surface area contributed by atoms with Crippen LogP contribution in [0.3, 0.4) is 0 Å². The fourth-order valence-corrected chi connectivity index (χ4v) is 5.19. The van der Waals surface area contributed by atoms with Gasteiger partial charge in [0.25, 0.3) is 22.2 Å². The number of rotatable bonds is 10. The van der Waals surface area contributed by atoms with Gasteiger partial charge in [-0.3, -0.25) is 9.59 Å². The number of ether oxygens (including phenoxy) is 1. The van der Waals surface area contributed by atoms with E-state index in [-0.39, 0.29) is 22.7 Å². The third-order valence-corrected chi connectivity index (χ3v) is 7.93. The molecular weight excluding hydrogens is 597 g/mol. The van der Waals surface area contributed by atoms with Crippen LogP contribution in [0.1, 0.15) is 37.9 Å². The molecule has 2 aromatic heterocycles. The van der Waals surface area contributed by atoms with Crippen LogP contribution in [-0.2, 0) is 30.5 Å². The van der Waals surface area contributed by atoms with Crippen molar-refractivity contribution in [3.8, 4) is 16.9 Å². The molecule has 1 fully saturated rings. The summed E-state index contributed by atoms with van der Waals surface area (Å²) >= 11 is 0. The van der Waals surface area contributed by atoms with Gasteiger partial charge in [-0.15, -0.1) is 0 Å². The second-order valence-electron chi connectivity index (χ2n) is 9.71. The van der Waals surface area contributed by atoms with Crippen molar-refractivity contribution in [1.29, 1.82) is 0 Å². The number of alkyl halides is 3. The highest BCUT2D eigenvalue weighted by atomic mass is 32.2. The number of carbonyl (C=O) groups is 2. The van der Waals surface area contributed by atoms with Crippen molar-refractivity contribution in [2.75, 3.05) is 11.6 Å². The summed E-state index contributed by atoms with van der Waals surface area (Å²) in [4.78, 5) is 30.2. The van der Waals surface area contributed by atoms with Crippen LogP contribution in [0.25, 0.3) is 16.9 Å². The number of sulfonamides is 1. The van der Waals surface area contributed by atoms with E-state index in [0.717, 1.165) is 26.3 Å². The van der Waals surface area contributed by atoms with Gasteiger partial charge in [0.05, 0.1) is 21.2 Å². The molecule has 3 heterocycles. The maximum Gasteiger partial charge on any atom is 0.435 e. The molecule has 0 aliphatic carbocycles. The molecular formula is C26H27F3N6O7S. The van der Waals surface area contributed by atoms with Crippen molar-refractivity contribution in [1.82, 2.24) is 24.5 Å². The third kappa shape index (κ3) is 6.40. The Morgan fingerprint density at radius 3 is 2.40 bits per heavy atom. The average Bonchev–Trinajstić information content (AvgIpc) is 3.47. The van der Waals surface area contributed by atoms with Crippen LogP contribution in [-0.4, -0.2) is 58.9 Å². The highest BCUT2D eigenvalue weighted by Gasteiger charge is 2.42. The second-order valence-corrected chi connectivity index (χ2v) is 11.4. The molecule has 1 N–H and O–H groups in total. The maximum absolute atomic E-state index is 13.5. The number of nitrogens with zero attached hydrogens (tertiary/aromatic N) is 5. The van der Waals surface area contributed by atoms with Crippen molar-refractivity contribution in [2.24, 2.45) is 0 Å². The molecule has 43 heavy (non-hydrogen) atoms. The number of nitrogens with one attached hydrogen (secondary N) is 1. The van der Waals surface area contributed by atoms with Crippen LogP contribution in [0, 0.1) is 6.92 Å². The Morgan fingerprint density at radius 1 is 1.14 bits per heavy atom. The van der Waals surface area contributed by atoms with Crippen LogP contribution in [0.15, 0.2) is 64.1 Å².